The second kappa shape index (κ2) is 8.12. The number of aromatic nitrogens is 4. The van der Waals surface area contributed by atoms with Gasteiger partial charge in [0.2, 0.25) is 5.91 Å². The molecule has 5 rings (SSSR count). The van der Waals surface area contributed by atoms with Crippen LogP contribution in [0.1, 0.15) is 33.5 Å². The number of hydrogen-bond acceptors (Lipinski definition) is 6. The predicted molar refractivity (Wildman–Crippen MR) is 129 cm³/mol. The van der Waals surface area contributed by atoms with E-state index in [1.54, 1.807) is 0 Å². The molecule has 0 atom stereocenters. The fourth-order valence-electron chi connectivity index (χ4n) is 4.22. The fourth-order valence-corrected chi connectivity index (χ4v) is 4.22. The standard InChI is InChI=1S/C26H22N6O2/c1-14-5-6-22-20(8-14)21(31-34-22)11-24(33)30-26-18(12-27)13-28-32(26)23-10-16(3)19-9-15(2)7-17(4)25(19)29-23/h5-10,13H,11H2,1-4H3,(H,30,33). The van der Waals surface area contributed by atoms with Crippen molar-refractivity contribution in [3.63, 3.8) is 0 Å². The highest BCUT2D eigenvalue weighted by atomic mass is 16.5. The first-order valence-corrected chi connectivity index (χ1v) is 10.9. The summed E-state index contributed by atoms with van der Waals surface area (Å²) in [7, 11) is 0. The van der Waals surface area contributed by atoms with Gasteiger partial charge in [-0.15, -0.1) is 0 Å². The summed E-state index contributed by atoms with van der Waals surface area (Å²) in [6, 6.07) is 13.9. The van der Waals surface area contributed by atoms with Crippen molar-refractivity contribution in [1.29, 1.82) is 5.26 Å². The highest BCUT2D eigenvalue weighted by Gasteiger charge is 2.19. The number of benzene rings is 2. The molecule has 1 N–H and O–H groups in total. The van der Waals surface area contributed by atoms with E-state index in [0.717, 1.165) is 38.5 Å². The molecule has 8 heteroatoms. The summed E-state index contributed by atoms with van der Waals surface area (Å²) >= 11 is 0. The Kier molecular flexibility index (Phi) is 5.10. The SMILES string of the molecule is Cc1ccc2onc(CC(=O)Nc3c(C#N)cnn3-c3cc(C)c4cc(C)cc(C)c4n3)c2c1. The molecule has 0 saturated heterocycles. The van der Waals surface area contributed by atoms with Crippen LogP contribution in [0, 0.1) is 39.0 Å². The summed E-state index contributed by atoms with van der Waals surface area (Å²) in [6.45, 7) is 8.05. The van der Waals surface area contributed by atoms with Crippen molar-refractivity contribution in [3.05, 3.63) is 76.1 Å². The minimum Gasteiger partial charge on any atom is -0.356 e. The molecule has 0 aliphatic heterocycles. The molecule has 168 valence electrons. The van der Waals surface area contributed by atoms with E-state index in [9.17, 15) is 10.1 Å². The van der Waals surface area contributed by atoms with Gasteiger partial charge in [0.15, 0.2) is 17.2 Å². The summed E-state index contributed by atoms with van der Waals surface area (Å²) in [5.41, 5.74) is 6.55. The summed E-state index contributed by atoms with van der Waals surface area (Å²) in [5, 5.41) is 22.7. The third-order valence-electron chi connectivity index (χ3n) is 5.83. The van der Waals surface area contributed by atoms with Crippen molar-refractivity contribution in [2.45, 2.75) is 34.1 Å². The first kappa shape index (κ1) is 21.3. The Bertz CT molecular complexity index is 1640. The Morgan fingerprint density at radius 2 is 1.85 bits per heavy atom. The van der Waals surface area contributed by atoms with Crippen molar-refractivity contribution in [3.8, 4) is 11.9 Å². The molecule has 0 spiro atoms. The lowest BCUT2D eigenvalue weighted by Crippen LogP contribution is -2.18. The number of rotatable bonds is 4. The number of amides is 1. The first-order chi connectivity index (χ1) is 16.3. The van der Waals surface area contributed by atoms with Gasteiger partial charge < -0.3 is 9.84 Å². The molecule has 0 aliphatic rings. The van der Waals surface area contributed by atoms with Crippen LogP contribution in [0.15, 0.2) is 47.1 Å². The number of carbonyl (C=O) groups excluding carboxylic acids is 1. The van der Waals surface area contributed by atoms with E-state index >= 15 is 0 Å². The molecule has 5 aromatic rings. The fraction of sp³-hybridized carbons (Fsp3) is 0.192. The number of anilines is 1. The van der Waals surface area contributed by atoms with Crippen LogP contribution in [0.25, 0.3) is 27.7 Å². The Hall–Kier alpha value is -4.51. The molecule has 0 unspecified atom stereocenters. The monoisotopic (exact) mass is 450 g/mol. The average Bonchev–Trinajstić information content (AvgIpc) is 3.38. The topological polar surface area (TPSA) is 110 Å². The third kappa shape index (κ3) is 3.67. The van der Waals surface area contributed by atoms with Gasteiger partial charge in [0.05, 0.1) is 18.1 Å². The van der Waals surface area contributed by atoms with Crippen LogP contribution in [0.5, 0.6) is 0 Å². The quantitative estimate of drug-likeness (QED) is 0.419. The second-order valence-corrected chi connectivity index (χ2v) is 8.56. The Morgan fingerprint density at radius 3 is 2.65 bits per heavy atom. The van der Waals surface area contributed by atoms with Gasteiger partial charge in [-0.1, -0.05) is 28.4 Å². The maximum Gasteiger partial charge on any atom is 0.231 e. The summed E-state index contributed by atoms with van der Waals surface area (Å²) < 4.78 is 6.84. The van der Waals surface area contributed by atoms with E-state index in [0.29, 0.717) is 17.1 Å². The van der Waals surface area contributed by atoms with Gasteiger partial charge in [-0.25, -0.2) is 4.98 Å². The maximum atomic E-state index is 13.0. The van der Waals surface area contributed by atoms with Crippen molar-refractivity contribution < 1.29 is 9.32 Å². The molecular formula is C26H22N6O2. The van der Waals surface area contributed by atoms with Gasteiger partial charge in [-0.3, -0.25) is 4.79 Å². The number of nitriles is 1. The van der Waals surface area contributed by atoms with Crippen molar-refractivity contribution in [2.24, 2.45) is 0 Å². The molecule has 2 aromatic carbocycles. The zero-order chi connectivity index (χ0) is 24.0. The van der Waals surface area contributed by atoms with Crippen LogP contribution >= 0.6 is 0 Å². The number of pyridine rings is 1. The molecule has 34 heavy (non-hydrogen) atoms. The highest BCUT2D eigenvalue weighted by molar-refractivity contribution is 5.95. The Balaban J connectivity index is 1.52. The third-order valence-corrected chi connectivity index (χ3v) is 5.83. The van der Waals surface area contributed by atoms with Crippen molar-refractivity contribution in [1.82, 2.24) is 19.9 Å². The number of hydrogen-bond donors (Lipinski definition) is 1. The first-order valence-electron chi connectivity index (χ1n) is 10.9. The predicted octanol–water partition coefficient (Wildman–Crippen LogP) is 4.85. The maximum absolute atomic E-state index is 13.0. The van der Waals surface area contributed by atoms with E-state index in [2.05, 4.69) is 40.7 Å². The van der Waals surface area contributed by atoms with Crippen LogP contribution in [0.2, 0.25) is 0 Å². The van der Waals surface area contributed by atoms with Crippen molar-refractivity contribution >= 4 is 33.6 Å². The molecule has 0 bridgehead atoms. The molecular weight excluding hydrogens is 428 g/mol. The van der Waals surface area contributed by atoms with Crippen LogP contribution in [0.4, 0.5) is 5.82 Å². The summed E-state index contributed by atoms with van der Waals surface area (Å²) in [4.78, 5) is 17.8. The zero-order valence-electron chi connectivity index (χ0n) is 19.3. The van der Waals surface area contributed by atoms with Gasteiger partial charge in [-0.05, 0) is 63.1 Å². The van der Waals surface area contributed by atoms with E-state index in [1.165, 1.54) is 10.9 Å². The molecule has 0 radical (unpaired) electrons. The molecule has 3 aromatic heterocycles. The second-order valence-electron chi connectivity index (χ2n) is 8.56. The van der Waals surface area contributed by atoms with Crippen molar-refractivity contribution in [2.75, 3.05) is 5.32 Å². The molecule has 1 amide bonds. The smallest absolute Gasteiger partial charge is 0.231 e. The average molecular weight is 451 g/mol. The van der Waals surface area contributed by atoms with E-state index in [4.69, 9.17) is 9.51 Å². The number of aryl methyl sites for hydroxylation is 4. The van der Waals surface area contributed by atoms with E-state index < -0.39 is 0 Å². The summed E-state index contributed by atoms with van der Waals surface area (Å²) in [5.74, 6) is 0.461. The summed E-state index contributed by atoms with van der Waals surface area (Å²) in [6.07, 6.45) is 1.42. The molecule has 0 saturated carbocycles. The molecule has 0 aliphatic carbocycles. The molecule has 0 fully saturated rings. The van der Waals surface area contributed by atoms with E-state index in [-0.39, 0.29) is 23.7 Å². The number of fused-ring (bicyclic) bond motifs is 2. The van der Waals surface area contributed by atoms with Crippen LogP contribution in [0.3, 0.4) is 0 Å². The lowest BCUT2D eigenvalue weighted by atomic mass is 10.0. The highest BCUT2D eigenvalue weighted by Crippen LogP contribution is 2.27. The van der Waals surface area contributed by atoms with Gasteiger partial charge >= 0.3 is 0 Å². The van der Waals surface area contributed by atoms with Gasteiger partial charge in [0.1, 0.15) is 17.3 Å². The number of carbonyl (C=O) groups is 1. The lowest BCUT2D eigenvalue weighted by Gasteiger charge is -2.12. The lowest BCUT2D eigenvalue weighted by molar-refractivity contribution is -0.115. The van der Waals surface area contributed by atoms with Gasteiger partial charge in [-0.2, -0.15) is 15.0 Å². The van der Waals surface area contributed by atoms with Crippen LogP contribution in [-0.2, 0) is 11.2 Å². The normalized spacial score (nSPS) is 11.1. The van der Waals surface area contributed by atoms with Crippen LogP contribution in [-0.4, -0.2) is 25.8 Å². The molecule has 8 nitrogen and oxygen atoms in total. The number of nitrogens with zero attached hydrogens (tertiary/aromatic N) is 5. The minimum atomic E-state index is -0.334. The zero-order valence-corrected chi connectivity index (χ0v) is 19.3. The van der Waals surface area contributed by atoms with Gasteiger partial charge in [0.25, 0.3) is 0 Å². The molecule has 3 heterocycles. The minimum absolute atomic E-state index is 0.00490. The van der Waals surface area contributed by atoms with Gasteiger partial charge in [0, 0.05) is 10.8 Å². The Labute approximate surface area is 195 Å². The van der Waals surface area contributed by atoms with E-state index in [1.807, 2.05) is 45.0 Å². The van der Waals surface area contributed by atoms with Crippen LogP contribution < -0.4 is 5.32 Å². The largest absolute Gasteiger partial charge is 0.356 e. The number of nitrogens with one attached hydrogen (secondary N) is 1. The Morgan fingerprint density at radius 1 is 1.06 bits per heavy atom.